The van der Waals surface area contributed by atoms with E-state index in [4.69, 9.17) is 27.8 Å². The van der Waals surface area contributed by atoms with E-state index in [0.29, 0.717) is 20.8 Å². The maximum Gasteiger partial charge on any atom is 0.271 e. The van der Waals surface area contributed by atoms with Crippen LogP contribution in [0.15, 0.2) is 88.8 Å². The summed E-state index contributed by atoms with van der Waals surface area (Å²) in [5.74, 6) is 2.77. The molecule has 0 unspecified atom stereocenters. The van der Waals surface area contributed by atoms with Crippen LogP contribution < -0.4 is 9.64 Å². The number of carbonyl (C=O) groups excluding carboxylic acids is 1. The molecule has 1 fully saturated rings. The first-order chi connectivity index (χ1) is 15.2. The molecule has 3 aromatic carbocycles. The number of rotatable bonds is 5. The van der Waals surface area contributed by atoms with Gasteiger partial charge in [-0.3, -0.25) is 9.69 Å². The first-order valence-corrected chi connectivity index (χ1v) is 10.6. The summed E-state index contributed by atoms with van der Waals surface area (Å²) in [6.07, 6.45) is 7.02. The molecule has 1 aliphatic heterocycles. The zero-order valence-corrected chi connectivity index (χ0v) is 17.9. The molecule has 0 aliphatic carbocycles. The van der Waals surface area contributed by atoms with E-state index in [1.54, 1.807) is 23.1 Å². The summed E-state index contributed by atoms with van der Waals surface area (Å²) >= 11 is 7.62. The normalized spacial score (nSPS) is 16.0. The molecule has 0 atom stereocenters. The number of hydrogen-bond donors (Lipinski definition) is 0. The summed E-state index contributed by atoms with van der Waals surface area (Å²) in [6.45, 7) is 0.139. The van der Waals surface area contributed by atoms with Crippen molar-refractivity contribution in [2.75, 3.05) is 11.5 Å². The van der Waals surface area contributed by atoms with E-state index in [-0.39, 0.29) is 12.5 Å². The summed E-state index contributed by atoms with van der Waals surface area (Å²) in [5, 5.41) is 1.02. The average molecular weight is 445 g/mol. The molecular weight excluding hydrogens is 428 g/mol. The van der Waals surface area contributed by atoms with Crippen LogP contribution in [0.5, 0.6) is 5.75 Å². The Balaban J connectivity index is 1.70. The van der Waals surface area contributed by atoms with E-state index in [0.717, 1.165) is 16.9 Å². The quantitative estimate of drug-likeness (QED) is 0.349. The number of aliphatic imine (C=N–C) groups is 1. The fourth-order valence-electron chi connectivity index (χ4n) is 2.96. The van der Waals surface area contributed by atoms with Crippen LogP contribution in [0.2, 0.25) is 5.02 Å². The summed E-state index contributed by atoms with van der Waals surface area (Å²) < 4.78 is 5.40. The number of thioether (sulfide) groups is 1. The van der Waals surface area contributed by atoms with Gasteiger partial charge in [0.1, 0.15) is 12.4 Å². The third-order valence-corrected chi connectivity index (χ3v) is 5.63. The minimum atomic E-state index is -0.144. The zero-order valence-electron chi connectivity index (χ0n) is 16.4. The van der Waals surface area contributed by atoms with Crippen molar-refractivity contribution >= 4 is 51.9 Å². The Morgan fingerprint density at radius 3 is 2.45 bits per heavy atom. The summed E-state index contributed by atoms with van der Waals surface area (Å²) in [4.78, 5) is 20.2. The van der Waals surface area contributed by atoms with Crippen molar-refractivity contribution < 1.29 is 9.53 Å². The van der Waals surface area contributed by atoms with Gasteiger partial charge in [0.25, 0.3) is 5.91 Å². The van der Waals surface area contributed by atoms with Crippen molar-refractivity contribution in [3.8, 4) is 18.1 Å². The van der Waals surface area contributed by atoms with Gasteiger partial charge in [-0.05, 0) is 59.8 Å². The van der Waals surface area contributed by atoms with E-state index >= 15 is 0 Å². The van der Waals surface area contributed by atoms with Crippen molar-refractivity contribution in [3.63, 3.8) is 0 Å². The number of terminal acetylenes is 1. The Labute approximate surface area is 190 Å². The number of ether oxygens (including phenoxy) is 1. The standard InChI is InChI=1S/C25H17ClN2O2S/c1-2-15-30-22-14-13-18(16-21(22)26)17-23-24(29)28(20-11-7-4-8-12-20)25(31-23)27-19-9-5-3-6-10-19/h1,3-14,16-17H,15H2/b23-17+,27-25?. The molecule has 1 amide bonds. The highest BCUT2D eigenvalue weighted by Gasteiger charge is 2.34. The van der Waals surface area contributed by atoms with Crippen LogP contribution >= 0.6 is 23.4 Å². The number of amides is 1. The van der Waals surface area contributed by atoms with Gasteiger partial charge < -0.3 is 4.74 Å². The van der Waals surface area contributed by atoms with Crippen LogP contribution in [0.4, 0.5) is 11.4 Å². The minimum absolute atomic E-state index is 0.139. The topological polar surface area (TPSA) is 41.9 Å². The van der Waals surface area contributed by atoms with Crippen molar-refractivity contribution in [2.45, 2.75) is 0 Å². The fraction of sp³-hybridized carbons (Fsp3) is 0.0400. The Hall–Kier alpha value is -3.46. The molecule has 0 radical (unpaired) electrons. The Bertz CT molecular complexity index is 1200. The summed E-state index contributed by atoms with van der Waals surface area (Å²) in [5.41, 5.74) is 2.31. The third kappa shape index (κ3) is 4.83. The highest BCUT2D eigenvalue weighted by atomic mass is 35.5. The first-order valence-electron chi connectivity index (χ1n) is 9.44. The fourth-order valence-corrected chi connectivity index (χ4v) is 4.21. The van der Waals surface area contributed by atoms with Crippen LogP contribution in [0, 0.1) is 12.3 Å². The molecule has 0 saturated carbocycles. The minimum Gasteiger partial charge on any atom is -0.479 e. The molecule has 1 saturated heterocycles. The largest absolute Gasteiger partial charge is 0.479 e. The van der Waals surface area contributed by atoms with Gasteiger partial charge in [-0.1, -0.05) is 60.0 Å². The van der Waals surface area contributed by atoms with Crippen LogP contribution in [0.3, 0.4) is 0 Å². The Morgan fingerprint density at radius 1 is 1.06 bits per heavy atom. The van der Waals surface area contributed by atoms with Gasteiger partial charge >= 0.3 is 0 Å². The van der Waals surface area contributed by atoms with Crippen molar-refractivity contribution in [3.05, 3.63) is 94.4 Å². The highest BCUT2D eigenvalue weighted by molar-refractivity contribution is 8.19. The van der Waals surface area contributed by atoms with Crippen LogP contribution in [-0.4, -0.2) is 17.7 Å². The molecule has 4 rings (SSSR count). The smallest absolute Gasteiger partial charge is 0.271 e. The van der Waals surface area contributed by atoms with Gasteiger partial charge in [0.05, 0.1) is 21.3 Å². The number of hydrogen-bond acceptors (Lipinski definition) is 4. The van der Waals surface area contributed by atoms with E-state index in [1.165, 1.54) is 11.8 Å². The maximum absolute atomic E-state index is 13.3. The lowest BCUT2D eigenvalue weighted by Gasteiger charge is -2.15. The number of carbonyl (C=O) groups is 1. The Kier molecular flexibility index (Phi) is 6.42. The van der Waals surface area contributed by atoms with Gasteiger partial charge in [0, 0.05) is 0 Å². The second-order valence-electron chi connectivity index (χ2n) is 6.50. The number of anilines is 1. The number of benzene rings is 3. The molecule has 0 bridgehead atoms. The van der Waals surface area contributed by atoms with E-state index in [2.05, 4.69) is 5.92 Å². The number of para-hydroxylation sites is 2. The maximum atomic E-state index is 13.3. The monoisotopic (exact) mass is 444 g/mol. The molecule has 31 heavy (non-hydrogen) atoms. The molecule has 152 valence electrons. The molecular formula is C25H17ClN2O2S. The van der Waals surface area contributed by atoms with Crippen molar-refractivity contribution in [2.24, 2.45) is 4.99 Å². The van der Waals surface area contributed by atoms with E-state index < -0.39 is 0 Å². The molecule has 0 aromatic heterocycles. The van der Waals surface area contributed by atoms with E-state index in [1.807, 2.05) is 66.7 Å². The molecule has 1 aliphatic rings. The SMILES string of the molecule is C#CCOc1ccc(/C=C2/SC(=Nc3ccccc3)N(c3ccccc3)C2=O)cc1Cl. The second-order valence-corrected chi connectivity index (χ2v) is 7.92. The molecule has 0 spiro atoms. The predicted octanol–water partition coefficient (Wildman–Crippen LogP) is 6.16. The van der Waals surface area contributed by atoms with Gasteiger partial charge in [-0.15, -0.1) is 6.42 Å². The van der Waals surface area contributed by atoms with Crippen molar-refractivity contribution in [1.29, 1.82) is 0 Å². The summed E-state index contributed by atoms with van der Waals surface area (Å²) in [6, 6.07) is 24.3. The predicted molar refractivity (Wildman–Crippen MR) is 129 cm³/mol. The van der Waals surface area contributed by atoms with E-state index in [9.17, 15) is 4.79 Å². The molecule has 3 aromatic rings. The number of nitrogens with zero attached hydrogens (tertiary/aromatic N) is 2. The van der Waals surface area contributed by atoms with Gasteiger partial charge in [0.2, 0.25) is 0 Å². The molecule has 6 heteroatoms. The van der Waals surface area contributed by atoms with Crippen LogP contribution in [-0.2, 0) is 4.79 Å². The lowest BCUT2D eigenvalue weighted by molar-refractivity contribution is -0.113. The average Bonchev–Trinajstić information content (AvgIpc) is 3.09. The second kappa shape index (κ2) is 9.57. The molecule has 0 N–H and O–H groups in total. The lowest BCUT2D eigenvalue weighted by Crippen LogP contribution is -2.28. The number of amidine groups is 1. The van der Waals surface area contributed by atoms with Crippen LogP contribution in [0.1, 0.15) is 5.56 Å². The highest BCUT2D eigenvalue weighted by Crippen LogP contribution is 2.38. The third-order valence-electron chi connectivity index (χ3n) is 4.37. The van der Waals surface area contributed by atoms with Crippen LogP contribution in [0.25, 0.3) is 6.08 Å². The number of halogens is 1. The molecule has 4 nitrogen and oxygen atoms in total. The summed E-state index contributed by atoms with van der Waals surface area (Å²) in [7, 11) is 0. The Morgan fingerprint density at radius 2 is 1.77 bits per heavy atom. The molecule has 1 heterocycles. The van der Waals surface area contributed by atoms with Gasteiger partial charge in [-0.25, -0.2) is 4.99 Å². The zero-order chi connectivity index (χ0) is 21.6. The lowest BCUT2D eigenvalue weighted by atomic mass is 10.2. The van der Waals surface area contributed by atoms with Crippen molar-refractivity contribution in [1.82, 2.24) is 0 Å². The van der Waals surface area contributed by atoms with Gasteiger partial charge in [0.15, 0.2) is 5.17 Å². The van der Waals surface area contributed by atoms with Gasteiger partial charge in [-0.2, -0.15) is 0 Å². The first kappa shape index (κ1) is 20.8.